The Kier molecular flexibility index (Phi) is 3.95. The Bertz CT molecular complexity index is 1030. The van der Waals surface area contributed by atoms with Gasteiger partial charge in [0.25, 0.3) is 5.91 Å². The standard InChI is InChI=1S/C19H19N5O3/c1-23-8-7-11-9-14(16(25)10-15(11)23)18-21-22-19(17(20)26)24(18)12-3-5-13(27-2)6-4-12/h3-6,9-10,25H,7-8H2,1-2H3,(H2,20,26). The van der Waals surface area contributed by atoms with E-state index in [0.717, 1.165) is 24.2 Å². The highest BCUT2D eigenvalue weighted by Gasteiger charge is 2.24. The number of benzene rings is 2. The van der Waals surface area contributed by atoms with Crippen LogP contribution >= 0.6 is 0 Å². The molecule has 4 rings (SSSR count). The number of nitrogens with zero attached hydrogens (tertiary/aromatic N) is 4. The molecule has 27 heavy (non-hydrogen) atoms. The summed E-state index contributed by atoms with van der Waals surface area (Å²) in [7, 11) is 3.56. The van der Waals surface area contributed by atoms with Crippen LogP contribution in [0.5, 0.6) is 11.5 Å². The molecule has 1 aliphatic heterocycles. The van der Waals surface area contributed by atoms with Crippen molar-refractivity contribution in [1.82, 2.24) is 14.8 Å². The Hall–Kier alpha value is -3.55. The van der Waals surface area contributed by atoms with Crippen molar-refractivity contribution in [3.05, 3.63) is 47.8 Å². The van der Waals surface area contributed by atoms with Gasteiger partial charge in [-0.15, -0.1) is 10.2 Å². The Morgan fingerprint density at radius 3 is 2.63 bits per heavy atom. The van der Waals surface area contributed by atoms with Crippen LogP contribution in [0.15, 0.2) is 36.4 Å². The molecule has 0 saturated heterocycles. The van der Waals surface area contributed by atoms with Gasteiger partial charge >= 0.3 is 0 Å². The van der Waals surface area contributed by atoms with Gasteiger partial charge in [0.15, 0.2) is 5.82 Å². The molecule has 1 aliphatic rings. The van der Waals surface area contributed by atoms with Crippen molar-refractivity contribution < 1.29 is 14.6 Å². The number of primary amides is 1. The number of hydrogen-bond acceptors (Lipinski definition) is 6. The van der Waals surface area contributed by atoms with Crippen molar-refractivity contribution in [1.29, 1.82) is 0 Å². The topological polar surface area (TPSA) is 106 Å². The van der Waals surface area contributed by atoms with Crippen LogP contribution in [0.4, 0.5) is 5.69 Å². The molecule has 8 nitrogen and oxygen atoms in total. The van der Waals surface area contributed by atoms with Gasteiger partial charge < -0.3 is 20.5 Å². The van der Waals surface area contributed by atoms with Gasteiger partial charge in [-0.3, -0.25) is 9.36 Å². The third-order valence-corrected chi connectivity index (χ3v) is 4.78. The lowest BCUT2D eigenvalue weighted by molar-refractivity contribution is 0.0988. The van der Waals surface area contributed by atoms with Crippen LogP contribution < -0.4 is 15.4 Å². The van der Waals surface area contributed by atoms with Crippen molar-refractivity contribution in [2.45, 2.75) is 6.42 Å². The van der Waals surface area contributed by atoms with E-state index in [1.807, 2.05) is 13.1 Å². The zero-order valence-corrected chi connectivity index (χ0v) is 15.0. The molecule has 0 fully saturated rings. The summed E-state index contributed by atoms with van der Waals surface area (Å²) in [6, 6.07) is 10.7. The number of fused-ring (bicyclic) bond motifs is 1. The van der Waals surface area contributed by atoms with Crippen LogP contribution in [0.3, 0.4) is 0 Å². The van der Waals surface area contributed by atoms with Crippen molar-refractivity contribution in [3.63, 3.8) is 0 Å². The van der Waals surface area contributed by atoms with Crippen molar-refractivity contribution in [2.24, 2.45) is 5.73 Å². The third-order valence-electron chi connectivity index (χ3n) is 4.78. The molecular weight excluding hydrogens is 346 g/mol. The molecule has 1 amide bonds. The van der Waals surface area contributed by atoms with E-state index >= 15 is 0 Å². The molecule has 0 saturated carbocycles. The zero-order chi connectivity index (χ0) is 19.1. The maximum Gasteiger partial charge on any atom is 0.287 e. The average molecular weight is 365 g/mol. The van der Waals surface area contributed by atoms with E-state index in [2.05, 4.69) is 15.1 Å². The van der Waals surface area contributed by atoms with E-state index in [4.69, 9.17) is 10.5 Å². The monoisotopic (exact) mass is 365 g/mol. The molecule has 0 bridgehead atoms. The number of ether oxygens (including phenoxy) is 1. The van der Waals surface area contributed by atoms with Crippen LogP contribution in [0, 0.1) is 0 Å². The van der Waals surface area contributed by atoms with Crippen LogP contribution in [0.25, 0.3) is 17.1 Å². The quantitative estimate of drug-likeness (QED) is 0.729. The van der Waals surface area contributed by atoms with Crippen LogP contribution in [-0.4, -0.2) is 46.5 Å². The molecule has 1 aromatic heterocycles. The number of amides is 1. The first-order valence-corrected chi connectivity index (χ1v) is 8.46. The Labute approximate surface area is 155 Å². The lowest BCUT2D eigenvalue weighted by Crippen LogP contribution is -2.17. The highest BCUT2D eigenvalue weighted by molar-refractivity contribution is 5.91. The predicted molar refractivity (Wildman–Crippen MR) is 101 cm³/mol. The van der Waals surface area contributed by atoms with E-state index in [-0.39, 0.29) is 11.6 Å². The van der Waals surface area contributed by atoms with Crippen molar-refractivity contribution in [3.8, 4) is 28.6 Å². The Balaban J connectivity index is 1.91. The molecule has 0 unspecified atom stereocenters. The minimum atomic E-state index is -0.704. The normalized spacial score (nSPS) is 12.9. The van der Waals surface area contributed by atoms with Gasteiger partial charge in [0.2, 0.25) is 5.82 Å². The molecular formula is C19H19N5O3. The number of phenols is 1. The SMILES string of the molecule is COc1ccc(-n2c(C(N)=O)nnc2-c2cc3c(cc2O)N(C)CC3)cc1. The summed E-state index contributed by atoms with van der Waals surface area (Å²) in [5, 5.41) is 18.7. The number of phenolic OH excluding ortho intramolecular Hbond substituents is 1. The lowest BCUT2D eigenvalue weighted by atomic mass is 10.1. The average Bonchev–Trinajstić information content (AvgIpc) is 3.25. The van der Waals surface area contributed by atoms with Crippen LogP contribution in [0.2, 0.25) is 0 Å². The summed E-state index contributed by atoms with van der Waals surface area (Å²) < 4.78 is 6.73. The third kappa shape index (κ3) is 2.75. The van der Waals surface area contributed by atoms with Gasteiger partial charge in [-0.2, -0.15) is 0 Å². The number of hydrogen-bond donors (Lipinski definition) is 2. The largest absolute Gasteiger partial charge is 0.507 e. The fourth-order valence-corrected chi connectivity index (χ4v) is 3.36. The fraction of sp³-hybridized carbons (Fsp3) is 0.211. The summed E-state index contributed by atoms with van der Waals surface area (Å²) in [4.78, 5) is 14.0. The van der Waals surface area contributed by atoms with Gasteiger partial charge in [0.05, 0.1) is 12.7 Å². The van der Waals surface area contributed by atoms with E-state index < -0.39 is 5.91 Å². The predicted octanol–water partition coefficient (Wildman–Crippen LogP) is 1.74. The van der Waals surface area contributed by atoms with Gasteiger partial charge in [-0.25, -0.2) is 0 Å². The van der Waals surface area contributed by atoms with E-state index in [0.29, 0.717) is 22.8 Å². The molecule has 0 atom stereocenters. The second-order valence-corrected chi connectivity index (χ2v) is 6.41. The van der Waals surface area contributed by atoms with E-state index in [1.54, 1.807) is 42.0 Å². The second-order valence-electron chi connectivity index (χ2n) is 6.41. The molecule has 2 aromatic carbocycles. The number of nitrogens with two attached hydrogens (primary N) is 1. The van der Waals surface area contributed by atoms with Crippen molar-refractivity contribution in [2.75, 3.05) is 25.6 Å². The smallest absolute Gasteiger partial charge is 0.287 e. The lowest BCUT2D eigenvalue weighted by Gasteiger charge is -2.14. The minimum Gasteiger partial charge on any atom is -0.507 e. The molecule has 8 heteroatoms. The van der Waals surface area contributed by atoms with Gasteiger partial charge in [-0.1, -0.05) is 0 Å². The van der Waals surface area contributed by atoms with Gasteiger partial charge in [0, 0.05) is 31.0 Å². The number of methoxy groups -OCH3 is 1. The summed E-state index contributed by atoms with van der Waals surface area (Å²) in [5.74, 6) is 0.388. The first-order chi connectivity index (χ1) is 13.0. The maximum atomic E-state index is 11.9. The molecule has 3 aromatic rings. The number of aromatic nitrogens is 3. The van der Waals surface area contributed by atoms with Gasteiger partial charge in [-0.05, 0) is 42.3 Å². The number of anilines is 1. The second kappa shape index (κ2) is 6.31. The highest BCUT2D eigenvalue weighted by atomic mass is 16.5. The summed E-state index contributed by atoms with van der Waals surface area (Å²) in [6.45, 7) is 0.885. The van der Waals surface area contributed by atoms with Crippen LogP contribution in [0.1, 0.15) is 16.2 Å². The fourth-order valence-electron chi connectivity index (χ4n) is 3.36. The zero-order valence-electron chi connectivity index (χ0n) is 15.0. The Morgan fingerprint density at radius 1 is 1.22 bits per heavy atom. The number of likely N-dealkylation sites (N-methyl/N-ethyl adjacent to an activating group) is 1. The summed E-state index contributed by atoms with van der Waals surface area (Å²) in [6.07, 6.45) is 0.873. The van der Waals surface area contributed by atoms with E-state index in [1.165, 1.54) is 0 Å². The number of carbonyl (C=O) groups excluding carboxylic acids is 1. The summed E-state index contributed by atoms with van der Waals surface area (Å²) in [5.41, 5.74) is 8.72. The summed E-state index contributed by atoms with van der Waals surface area (Å²) >= 11 is 0. The molecule has 0 spiro atoms. The Morgan fingerprint density at radius 2 is 1.96 bits per heavy atom. The first kappa shape index (κ1) is 16.9. The number of carbonyl (C=O) groups is 1. The highest BCUT2D eigenvalue weighted by Crippen LogP contribution is 2.38. The van der Waals surface area contributed by atoms with Gasteiger partial charge in [0.1, 0.15) is 11.5 Å². The van der Waals surface area contributed by atoms with Crippen molar-refractivity contribution >= 4 is 11.6 Å². The number of rotatable bonds is 4. The molecule has 2 heterocycles. The number of aromatic hydroxyl groups is 1. The van der Waals surface area contributed by atoms with Crippen LogP contribution in [-0.2, 0) is 6.42 Å². The maximum absolute atomic E-state index is 11.9. The first-order valence-electron chi connectivity index (χ1n) is 8.46. The molecule has 138 valence electrons. The van der Waals surface area contributed by atoms with E-state index in [9.17, 15) is 9.90 Å². The molecule has 0 radical (unpaired) electrons. The molecule has 0 aliphatic carbocycles. The minimum absolute atomic E-state index is 0.00724. The molecule has 3 N–H and O–H groups in total.